The normalized spacial score (nSPS) is 14.0. The van der Waals surface area contributed by atoms with Crippen molar-refractivity contribution in [2.45, 2.75) is 19.1 Å². The second-order valence-electron chi connectivity index (χ2n) is 12.3. The van der Waals surface area contributed by atoms with E-state index in [1.807, 2.05) is 91.0 Å². The van der Waals surface area contributed by atoms with Gasteiger partial charge in [0.15, 0.2) is 0 Å². The van der Waals surface area contributed by atoms with Crippen LogP contribution in [0.25, 0.3) is 22.0 Å². The van der Waals surface area contributed by atoms with Crippen molar-refractivity contribution in [3.05, 3.63) is 166 Å². The SMILES string of the molecule is O=C(NCC(c1ccc(CN2CCOCC2)cc1)c1cc(Cl)c2cccnc2c1OCc1ccccc1)c1ccc(-c2ccccc2)cc1. The summed E-state index contributed by atoms with van der Waals surface area (Å²) >= 11 is 6.94. The van der Waals surface area contributed by atoms with Crippen molar-refractivity contribution in [3.63, 3.8) is 0 Å². The molecule has 6 aromatic rings. The van der Waals surface area contributed by atoms with E-state index in [9.17, 15) is 4.79 Å². The predicted octanol–water partition coefficient (Wildman–Crippen LogP) is 8.53. The number of nitrogens with one attached hydrogen (secondary N) is 1. The van der Waals surface area contributed by atoms with E-state index in [1.54, 1.807) is 6.20 Å². The number of ether oxygens (including phenoxy) is 2. The van der Waals surface area contributed by atoms with Gasteiger partial charge < -0.3 is 14.8 Å². The monoisotopic (exact) mass is 667 g/mol. The number of amides is 1. The minimum atomic E-state index is -0.264. The molecule has 1 fully saturated rings. The number of carbonyl (C=O) groups is 1. The Hall–Kier alpha value is -5.01. The summed E-state index contributed by atoms with van der Waals surface area (Å²) in [5, 5.41) is 4.63. The molecule has 0 spiro atoms. The molecule has 246 valence electrons. The zero-order chi connectivity index (χ0) is 33.4. The Balaban J connectivity index is 1.21. The van der Waals surface area contributed by atoms with Gasteiger partial charge in [-0.25, -0.2) is 0 Å². The number of benzene rings is 5. The zero-order valence-electron chi connectivity index (χ0n) is 27.2. The Labute approximate surface area is 292 Å². The molecule has 1 N–H and O–H groups in total. The van der Waals surface area contributed by atoms with E-state index in [1.165, 1.54) is 5.56 Å². The first-order valence-corrected chi connectivity index (χ1v) is 17.1. The molecule has 7 rings (SSSR count). The topological polar surface area (TPSA) is 63.7 Å². The highest BCUT2D eigenvalue weighted by Crippen LogP contribution is 2.40. The number of carbonyl (C=O) groups excluding carboxylic acids is 1. The summed E-state index contributed by atoms with van der Waals surface area (Å²) in [6.07, 6.45) is 1.76. The van der Waals surface area contributed by atoms with E-state index in [2.05, 4.69) is 46.6 Å². The number of hydrogen-bond acceptors (Lipinski definition) is 5. The summed E-state index contributed by atoms with van der Waals surface area (Å²) in [6, 6.07) is 42.4. The molecule has 0 bridgehead atoms. The maximum Gasteiger partial charge on any atom is 0.251 e. The van der Waals surface area contributed by atoms with Gasteiger partial charge in [-0.1, -0.05) is 109 Å². The predicted molar refractivity (Wildman–Crippen MR) is 196 cm³/mol. The molecule has 6 nitrogen and oxygen atoms in total. The molecule has 0 radical (unpaired) electrons. The van der Waals surface area contributed by atoms with Gasteiger partial charge in [0.2, 0.25) is 0 Å². The Morgan fingerprint density at radius 2 is 1.51 bits per heavy atom. The molecule has 1 saturated heterocycles. The van der Waals surface area contributed by atoms with Crippen LogP contribution in [-0.4, -0.2) is 48.6 Å². The number of pyridine rings is 1. The Bertz CT molecular complexity index is 2000. The minimum Gasteiger partial charge on any atom is -0.486 e. The molecule has 2 heterocycles. The van der Waals surface area contributed by atoms with Crippen LogP contribution in [0, 0.1) is 0 Å². The number of morpholine rings is 1. The lowest BCUT2D eigenvalue weighted by Gasteiger charge is -2.27. The van der Waals surface area contributed by atoms with Crippen LogP contribution in [0.2, 0.25) is 5.02 Å². The third kappa shape index (κ3) is 7.84. The van der Waals surface area contributed by atoms with E-state index in [0.29, 0.717) is 35.0 Å². The minimum absolute atomic E-state index is 0.148. The second kappa shape index (κ2) is 15.5. The number of hydrogen-bond donors (Lipinski definition) is 1. The fourth-order valence-electron chi connectivity index (χ4n) is 6.36. The third-order valence-corrected chi connectivity index (χ3v) is 9.35. The van der Waals surface area contributed by atoms with Crippen LogP contribution in [0.5, 0.6) is 5.75 Å². The summed E-state index contributed by atoms with van der Waals surface area (Å²) in [5.74, 6) is 0.248. The highest BCUT2D eigenvalue weighted by atomic mass is 35.5. The molecule has 0 aliphatic carbocycles. The average Bonchev–Trinajstić information content (AvgIpc) is 3.16. The molecular formula is C42H38ClN3O3. The van der Waals surface area contributed by atoms with Crippen molar-refractivity contribution in [2.24, 2.45) is 0 Å². The van der Waals surface area contributed by atoms with Crippen molar-refractivity contribution >= 4 is 28.4 Å². The van der Waals surface area contributed by atoms with Gasteiger partial charge in [0, 0.05) is 54.8 Å². The summed E-state index contributed by atoms with van der Waals surface area (Å²) in [4.78, 5) is 20.8. The van der Waals surface area contributed by atoms with Gasteiger partial charge in [-0.15, -0.1) is 0 Å². The van der Waals surface area contributed by atoms with E-state index < -0.39 is 0 Å². The first-order valence-electron chi connectivity index (χ1n) is 16.7. The molecule has 1 unspecified atom stereocenters. The molecule has 1 aliphatic rings. The van der Waals surface area contributed by atoms with Crippen LogP contribution in [0.15, 0.2) is 134 Å². The highest BCUT2D eigenvalue weighted by Gasteiger charge is 2.24. The summed E-state index contributed by atoms with van der Waals surface area (Å²) in [7, 11) is 0. The van der Waals surface area contributed by atoms with Crippen molar-refractivity contribution < 1.29 is 14.3 Å². The van der Waals surface area contributed by atoms with E-state index in [-0.39, 0.29) is 11.8 Å². The summed E-state index contributed by atoms with van der Waals surface area (Å²) in [6.45, 7) is 4.93. The maximum absolute atomic E-state index is 13.6. The average molecular weight is 668 g/mol. The molecular weight excluding hydrogens is 630 g/mol. The van der Waals surface area contributed by atoms with Gasteiger partial charge in [0.05, 0.1) is 18.2 Å². The lowest BCUT2D eigenvalue weighted by atomic mass is 9.88. The second-order valence-corrected chi connectivity index (χ2v) is 12.7. The van der Waals surface area contributed by atoms with E-state index >= 15 is 0 Å². The maximum atomic E-state index is 13.6. The Morgan fingerprint density at radius 3 is 2.24 bits per heavy atom. The molecule has 7 heteroatoms. The van der Waals surface area contributed by atoms with Crippen LogP contribution in [0.1, 0.15) is 38.5 Å². The zero-order valence-corrected chi connectivity index (χ0v) is 28.0. The van der Waals surface area contributed by atoms with Gasteiger partial charge in [0.1, 0.15) is 17.9 Å². The highest BCUT2D eigenvalue weighted by molar-refractivity contribution is 6.35. The van der Waals surface area contributed by atoms with Crippen LogP contribution >= 0.6 is 11.6 Å². The lowest BCUT2D eigenvalue weighted by molar-refractivity contribution is 0.0342. The smallest absolute Gasteiger partial charge is 0.251 e. The third-order valence-electron chi connectivity index (χ3n) is 9.04. The van der Waals surface area contributed by atoms with Gasteiger partial charge >= 0.3 is 0 Å². The van der Waals surface area contributed by atoms with Gasteiger partial charge in [-0.2, -0.15) is 0 Å². The van der Waals surface area contributed by atoms with E-state index in [0.717, 1.165) is 66.1 Å². The van der Waals surface area contributed by atoms with Crippen molar-refractivity contribution in [3.8, 4) is 16.9 Å². The standard InChI is InChI=1S/C42H38ClN3O3/c43-39-26-37(41(40-36(39)12-7-21-44-40)49-29-31-8-3-1-4-9-31)38(34-15-13-30(14-16-34)28-46-22-24-48-25-23-46)27-45-42(47)35-19-17-33(18-20-35)32-10-5-2-6-11-32/h1-21,26,38H,22-25,27-29H2,(H,45,47). The van der Waals surface area contributed by atoms with Gasteiger partial charge in [-0.3, -0.25) is 14.7 Å². The van der Waals surface area contributed by atoms with Crippen molar-refractivity contribution in [1.82, 2.24) is 15.2 Å². The molecule has 49 heavy (non-hydrogen) atoms. The summed E-state index contributed by atoms with van der Waals surface area (Å²) < 4.78 is 12.1. The summed E-state index contributed by atoms with van der Waals surface area (Å²) in [5.41, 5.74) is 7.64. The number of nitrogens with zero attached hydrogens (tertiary/aromatic N) is 2. The quantitative estimate of drug-likeness (QED) is 0.150. The lowest BCUT2D eigenvalue weighted by Crippen LogP contribution is -2.35. The Kier molecular flexibility index (Phi) is 10.3. The molecule has 0 saturated carbocycles. The molecule has 1 aromatic heterocycles. The van der Waals surface area contributed by atoms with Crippen LogP contribution in [0.4, 0.5) is 0 Å². The number of rotatable bonds is 11. The van der Waals surface area contributed by atoms with Crippen molar-refractivity contribution in [2.75, 3.05) is 32.8 Å². The molecule has 1 amide bonds. The molecule has 5 aromatic carbocycles. The van der Waals surface area contributed by atoms with Crippen LogP contribution in [-0.2, 0) is 17.9 Å². The molecule has 1 atom stereocenters. The largest absolute Gasteiger partial charge is 0.486 e. The van der Waals surface area contributed by atoms with Crippen molar-refractivity contribution in [1.29, 1.82) is 0 Å². The van der Waals surface area contributed by atoms with Crippen LogP contribution < -0.4 is 10.1 Å². The Morgan fingerprint density at radius 1 is 0.816 bits per heavy atom. The van der Waals surface area contributed by atoms with Crippen LogP contribution in [0.3, 0.4) is 0 Å². The number of aromatic nitrogens is 1. The number of fused-ring (bicyclic) bond motifs is 1. The fourth-order valence-corrected chi connectivity index (χ4v) is 6.63. The number of halogens is 1. The first kappa shape index (κ1) is 32.5. The fraction of sp³-hybridized carbons (Fsp3) is 0.190. The first-order chi connectivity index (χ1) is 24.1. The van der Waals surface area contributed by atoms with Gasteiger partial charge in [-0.05, 0) is 58.1 Å². The van der Waals surface area contributed by atoms with E-state index in [4.69, 9.17) is 26.1 Å². The molecule has 1 aliphatic heterocycles. The van der Waals surface area contributed by atoms with Gasteiger partial charge in [0.25, 0.3) is 5.91 Å².